The van der Waals surface area contributed by atoms with Crippen molar-refractivity contribution in [3.05, 3.63) is 23.8 Å². The Labute approximate surface area is 107 Å². The standard InChI is InChI=1S/C12H10N2O5/c15-10(16)6-18-12-14-13-11(19-12)8-1-2-9-7(5-8)3-4-17-9/h1-2,5H,3-4,6H2,(H,15,16). The van der Waals surface area contributed by atoms with Crippen molar-refractivity contribution < 1.29 is 23.8 Å². The van der Waals surface area contributed by atoms with E-state index < -0.39 is 12.6 Å². The van der Waals surface area contributed by atoms with E-state index in [1.165, 1.54) is 0 Å². The highest BCUT2D eigenvalue weighted by Crippen LogP contribution is 2.30. The number of carboxylic acid groups (broad SMARTS) is 1. The Bertz CT molecular complexity index is 622. The molecule has 19 heavy (non-hydrogen) atoms. The van der Waals surface area contributed by atoms with Crippen LogP contribution in [0.5, 0.6) is 11.8 Å². The minimum Gasteiger partial charge on any atom is -0.493 e. The van der Waals surface area contributed by atoms with E-state index in [-0.39, 0.29) is 12.0 Å². The molecular weight excluding hydrogens is 252 g/mol. The van der Waals surface area contributed by atoms with Crippen molar-refractivity contribution in [3.63, 3.8) is 0 Å². The second kappa shape index (κ2) is 4.60. The summed E-state index contributed by atoms with van der Waals surface area (Å²) < 4.78 is 15.4. The summed E-state index contributed by atoms with van der Waals surface area (Å²) in [5.74, 6) is 0.0511. The van der Waals surface area contributed by atoms with E-state index in [4.69, 9.17) is 19.0 Å². The van der Waals surface area contributed by atoms with Gasteiger partial charge in [-0.15, -0.1) is 5.10 Å². The summed E-state index contributed by atoms with van der Waals surface area (Å²) in [7, 11) is 0. The van der Waals surface area contributed by atoms with Gasteiger partial charge in [0.05, 0.1) is 6.61 Å². The fraction of sp³-hybridized carbons (Fsp3) is 0.250. The lowest BCUT2D eigenvalue weighted by molar-refractivity contribution is -0.139. The number of benzene rings is 1. The number of ether oxygens (including phenoxy) is 2. The van der Waals surface area contributed by atoms with Crippen molar-refractivity contribution in [2.75, 3.05) is 13.2 Å². The fourth-order valence-corrected chi connectivity index (χ4v) is 1.83. The molecule has 0 saturated carbocycles. The van der Waals surface area contributed by atoms with Crippen LogP contribution in [0.15, 0.2) is 22.6 Å². The molecule has 0 fully saturated rings. The maximum absolute atomic E-state index is 10.3. The molecule has 0 spiro atoms. The summed E-state index contributed by atoms with van der Waals surface area (Å²) >= 11 is 0. The number of aromatic nitrogens is 2. The molecule has 0 bridgehead atoms. The van der Waals surface area contributed by atoms with Gasteiger partial charge in [0.2, 0.25) is 0 Å². The zero-order chi connectivity index (χ0) is 13.2. The molecule has 0 atom stereocenters. The van der Waals surface area contributed by atoms with Gasteiger partial charge in [-0.2, -0.15) is 0 Å². The maximum Gasteiger partial charge on any atom is 0.415 e. The second-order valence-corrected chi connectivity index (χ2v) is 3.98. The van der Waals surface area contributed by atoms with Crippen molar-refractivity contribution in [1.82, 2.24) is 10.2 Å². The molecule has 1 aromatic carbocycles. The normalized spacial score (nSPS) is 12.8. The molecule has 2 aromatic rings. The van der Waals surface area contributed by atoms with Crippen LogP contribution in [-0.4, -0.2) is 34.5 Å². The van der Waals surface area contributed by atoms with Gasteiger partial charge in [0.1, 0.15) is 5.75 Å². The molecule has 0 saturated heterocycles. The van der Waals surface area contributed by atoms with E-state index >= 15 is 0 Å². The molecule has 0 unspecified atom stereocenters. The van der Waals surface area contributed by atoms with Crippen LogP contribution in [0.25, 0.3) is 11.5 Å². The van der Waals surface area contributed by atoms with Gasteiger partial charge in [0.25, 0.3) is 5.89 Å². The van der Waals surface area contributed by atoms with Crippen molar-refractivity contribution in [3.8, 4) is 23.3 Å². The molecule has 1 aliphatic heterocycles. The lowest BCUT2D eigenvalue weighted by Crippen LogP contribution is -2.09. The third-order valence-electron chi connectivity index (χ3n) is 2.66. The summed E-state index contributed by atoms with van der Waals surface area (Å²) in [5.41, 5.74) is 1.84. The Balaban J connectivity index is 1.80. The third kappa shape index (κ3) is 2.35. The van der Waals surface area contributed by atoms with E-state index in [2.05, 4.69) is 10.2 Å². The van der Waals surface area contributed by atoms with Crippen LogP contribution in [0.2, 0.25) is 0 Å². The van der Waals surface area contributed by atoms with Crippen molar-refractivity contribution in [1.29, 1.82) is 0 Å². The summed E-state index contributed by atoms with van der Waals surface area (Å²) in [6.07, 6.45) is 0.689. The molecule has 3 rings (SSSR count). The molecule has 1 N–H and O–H groups in total. The zero-order valence-corrected chi connectivity index (χ0v) is 9.83. The van der Waals surface area contributed by atoms with Crippen molar-refractivity contribution >= 4 is 5.97 Å². The van der Waals surface area contributed by atoms with Gasteiger partial charge < -0.3 is 19.0 Å². The molecule has 7 nitrogen and oxygen atoms in total. The molecule has 0 amide bonds. The average molecular weight is 262 g/mol. The topological polar surface area (TPSA) is 94.7 Å². The monoisotopic (exact) mass is 262 g/mol. The Hall–Kier alpha value is -2.57. The highest BCUT2D eigenvalue weighted by Gasteiger charge is 2.16. The van der Waals surface area contributed by atoms with Crippen LogP contribution in [0.3, 0.4) is 0 Å². The van der Waals surface area contributed by atoms with Gasteiger partial charge in [-0.1, -0.05) is 5.10 Å². The second-order valence-electron chi connectivity index (χ2n) is 3.98. The number of carboxylic acids is 1. The van der Waals surface area contributed by atoms with Gasteiger partial charge in [0, 0.05) is 12.0 Å². The summed E-state index contributed by atoms with van der Waals surface area (Å²) in [5, 5.41) is 15.9. The highest BCUT2D eigenvalue weighted by atomic mass is 16.6. The summed E-state index contributed by atoms with van der Waals surface area (Å²) in [6, 6.07) is 5.56. The maximum atomic E-state index is 10.3. The van der Waals surface area contributed by atoms with E-state index in [0.717, 1.165) is 23.3 Å². The number of rotatable bonds is 4. The third-order valence-corrected chi connectivity index (χ3v) is 2.66. The molecule has 98 valence electrons. The smallest absolute Gasteiger partial charge is 0.415 e. The first-order chi connectivity index (χ1) is 9.22. The van der Waals surface area contributed by atoms with Crippen LogP contribution < -0.4 is 9.47 Å². The van der Waals surface area contributed by atoms with Crippen LogP contribution in [0.1, 0.15) is 5.56 Å². The summed E-state index contributed by atoms with van der Waals surface area (Å²) in [4.78, 5) is 10.3. The minimum absolute atomic E-state index is 0.158. The quantitative estimate of drug-likeness (QED) is 0.882. The number of hydrogen-bond acceptors (Lipinski definition) is 6. The zero-order valence-electron chi connectivity index (χ0n) is 9.83. The van der Waals surface area contributed by atoms with Crippen molar-refractivity contribution in [2.45, 2.75) is 6.42 Å². The molecule has 7 heteroatoms. The Kier molecular flexibility index (Phi) is 2.79. The fourth-order valence-electron chi connectivity index (χ4n) is 1.83. The molecule has 1 aromatic heterocycles. The Morgan fingerprint density at radius 1 is 1.42 bits per heavy atom. The molecule has 0 aliphatic carbocycles. The summed E-state index contributed by atoms with van der Waals surface area (Å²) in [6.45, 7) is 0.162. The molecule has 1 aliphatic rings. The van der Waals surface area contributed by atoms with Gasteiger partial charge in [0.15, 0.2) is 6.61 Å². The van der Waals surface area contributed by atoms with Gasteiger partial charge in [-0.05, 0) is 23.8 Å². The Morgan fingerprint density at radius 3 is 3.16 bits per heavy atom. The Morgan fingerprint density at radius 2 is 2.32 bits per heavy atom. The predicted molar refractivity (Wildman–Crippen MR) is 62.1 cm³/mol. The van der Waals surface area contributed by atoms with Gasteiger partial charge in [-0.3, -0.25) is 0 Å². The number of nitrogens with zero attached hydrogens (tertiary/aromatic N) is 2. The van der Waals surface area contributed by atoms with Gasteiger partial charge in [-0.25, -0.2) is 4.79 Å². The van der Waals surface area contributed by atoms with E-state index in [0.29, 0.717) is 6.61 Å². The lowest BCUT2D eigenvalue weighted by atomic mass is 10.1. The highest BCUT2D eigenvalue weighted by molar-refractivity contribution is 5.68. The largest absolute Gasteiger partial charge is 0.493 e. The van der Waals surface area contributed by atoms with E-state index in [1.54, 1.807) is 6.07 Å². The van der Waals surface area contributed by atoms with E-state index in [9.17, 15) is 4.79 Å². The minimum atomic E-state index is -1.10. The SMILES string of the molecule is O=C(O)COc1nnc(-c2ccc3c(c2)CCO3)o1. The van der Waals surface area contributed by atoms with Crippen molar-refractivity contribution in [2.24, 2.45) is 0 Å². The predicted octanol–water partition coefficient (Wildman–Crippen LogP) is 1.13. The van der Waals surface area contributed by atoms with Crippen LogP contribution in [-0.2, 0) is 11.2 Å². The van der Waals surface area contributed by atoms with Crippen LogP contribution in [0.4, 0.5) is 0 Å². The first-order valence-electron chi connectivity index (χ1n) is 5.66. The lowest BCUT2D eigenvalue weighted by Gasteiger charge is -1.99. The number of fused-ring (bicyclic) bond motifs is 1. The van der Waals surface area contributed by atoms with Gasteiger partial charge >= 0.3 is 12.0 Å². The molecule has 2 heterocycles. The first-order valence-corrected chi connectivity index (χ1v) is 5.66. The van der Waals surface area contributed by atoms with E-state index in [1.807, 2.05) is 12.1 Å². The van der Waals surface area contributed by atoms with Crippen LogP contribution in [0, 0.1) is 0 Å². The first kappa shape index (κ1) is 11.5. The molecule has 0 radical (unpaired) electrons. The number of carbonyl (C=O) groups is 1. The van der Waals surface area contributed by atoms with Crippen LogP contribution >= 0.6 is 0 Å². The number of hydrogen-bond donors (Lipinski definition) is 1. The average Bonchev–Trinajstić information content (AvgIpc) is 3.04. The molecular formula is C12H10N2O5. The number of aliphatic carboxylic acids is 1.